The average molecular weight is 269 g/mol. The first-order valence-corrected chi connectivity index (χ1v) is 6.92. The minimum Gasteiger partial charge on any atom is -0.341 e. The molecule has 3 rings (SSSR count). The Morgan fingerprint density at radius 1 is 1.25 bits per heavy atom. The summed E-state index contributed by atoms with van der Waals surface area (Å²) in [4.78, 5) is 7.87. The van der Waals surface area contributed by atoms with Gasteiger partial charge in [-0.15, -0.1) is 0 Å². The number of nitrogens with one attached hydrogen (secondary N) is 2. The van der Waals surface area contributed by atoms with E-state index in [-0.39, 0.29) is 0 Å². The van der Waals surface area contributed by atoms with E-state index in [9.17, 15) is 0 Å². The van der Waals surface area contributed by atoms with E-state index in [0.717, 1.165) is 42.1 Å². The molecule has 2 heterocycles. The van der Waals surface area contributed by atoms with Gasteiger partial charge in [-0.05, 0) is 18.6 Å². The van der Waals surface area contributed by atoms with Crippen LogP contribution in [0, 0.1) is 0 Å². The maximum Gasteiger partial charge on any atom is 0.121 e. The fraction of sp³-hybridized carbons (Fsp3) is 0.333. The van der Waals surface area contributed by atoms with Gasteiger partial charge in [0.1, 0.15) is 5.82 Å². The summed E-state index contributed by atoms with van der Waals surface area (Å²) in [6.45, 7) is 3.67. The van der Waals surface area contributed by atoms with E-state index in [1.807, 2.05) is 36.0 Å². The van der Waals surface area contributed by atoms with Crippen molar-refractivity contribution in [3.8, 4) is 0 Å². The van der Waals surface area contributed by atoms with Gasteiger partial charge in [0.15, 0.2) is 0 Å². The van der Waals surface area contributed by atoms with Gasteiger partial charge in [-0.25, -0.2) is 4.98 Å². The van der Waals surface area contributed by atoms with Crippen LogP contribution in [0.1, 0.15) is 24.0 Å². The van der Waals surface area contributed by atoms with Gasteiger partial charge < -0.3 is 10.3 Å². The molecule has 0 atom stereocenters. The minimum absolute atomic E-state index is 0.729. The summed E-state index contributed by atoms with van der Waals surface area (Å²) in [6, 6.07) is 8.08. The van der Waals surface area contributed by atoms with E-state index in [2.05, 4.69) is 33.5 Å². The third-order valence-electron chi connectivity index (χ3n) is 3.37. The molecule has 0 bridgehead atoms. The number of aryl methyl sites for hydroxylation is 2. The number of benzene rings is 1. The van der Waals surface area contributed by atoms with Crippen LogP contribution >= 0.6 is 0 Å². The van der Waals surface area contributed by atoms with Gasteiger partial charge in [0.25, 0.3) is 0 Å². The highest BCUT2D eigenvalue weighted by atomic mass is 15.3. The molecule has 0 radical (unpaired) electrons. The standard InChI is InChI=1S/C15H19N5/c1-3-12-11(10-20(2)19-12)8-16-9-15-17-13-6-4-5-7-14(13)18-15/h4-7,10,16H,3,8-9H2,1-2H3,(H,17,18). The molecule has 5 heteroatoms. The number of rotatable bonds is 5. The van der Waals surface area contributed by atoms with Crippen molar-refractivity contribution < 1.29 is 0 Å². The first kappa shape index (κ1) is 12.9. The van der Waals surface area contributed by atoms with Gasteiger partial charge in [0.05, 0.1) is 23.3 Å². The predicted octanol–water partition coefficient (Wildman–Crippen LogP) is 2.15. The second-order valence-corrected chi connectivity index (χ2v) is 4.93. The van der Waals surface area contributed by atoms with Crippen molar-refractivity contribution in [2.24, 2.45) is 7.05 Å². The number of hydrogen-bond acceptors (Lipinski definition) is 3. The zero-order chi connectivity index (χ0) is 13.9. The molecule has 2 N–H and O–H groups in total. The van der Waals surface area contributed by atoms with Gasteiger partial charge in [-0.2, -0.15) is 5.10 Å². The van der Waals surface area contributed by atoms with Crippen molar-refractivity contribution >= 4 is 11.0 Å². The summed E-state index contributed by atoms with van der Waals surface area (Å²) < 4.78 is 1.87. The molecule has 2 aromatic heterocycles. The molecule has 0 saturated heterocycles. The van der Waals surface area contributed by atoms with E-state index >= 15 is 0 Å². The number of nitrogens with zero attached hydrogens (tertiary/aromatic N) is 3. The summed E-state index contributed by atoms with van der Waals surface area (Å²) >= 11 is 0. The Labute approximate surface area is 118 Å². The topological polar surface area (TPSA) is 58.5 Å². The van der Waals surface area contributed by atoms with Crippen molar-refractivity contribution in [1.29, 1.82) is 0 Å². The largest absolute Gasteiger partial charge is 0.341 e. The number of imidazole rings is 1. The normalized spacial score (nSPS) is 11.3. The van der Waals surface area contributed by atoms with E-state index < -0.39 is 0 Å². The highest BCUT2D eigenvalue weighted by Crippen LogP contribution is 2.11. The summed E-state index contributed by atoms with van der Waals surface area (Å²) in [5, 5.41) is 7.86. The first-order valence-electron chi connectivity index (χ1n) is 6.92. The lowest BCUT2D eigenvalue weighted by Gasteiger charge is -2.01. The number of aromatic amines is 1. The molecule has 5 nitrogen and oxygen atoms in total. The van der Waals surface area contributed by atoms with Crippen molar-refractivity contribution in [2.45, 2.75) is 26.4 Å². The van der Waals surface area contributed by atoms with Crippen LogP contribution < -0.4 is 5.32 Å². The number of para-hydroxylation sites is 2. The Hall–Kier alpha value is -2.14. The maximum absolute atomic E-state index is 4.55. The maximum atomic E-state index is 4.55. The van der Waals surface area contributed by atoms with Crippen LogP contribution in [-0.2, 0) is 26.6 Å². The van der Waals surface area contributed by atoms with Crippen LogP contribution in [0.4, 0.5) is 0 Å². The monoisotopic (exact) mass is 269 g/mol. The minimum atomic E-state index is 0.729. The molecule has 3 aromatic rings. The van der Waals surface area contributed by atoms with Gasteiger partial charge in [0.2, 0.25) is 0 Å². The molecular weight excluding hydrogens is 250 g/mol. The Morgan fingerprint density at radius 2 is 2.10 bits per heavy atom. The van der Waals surface area contributed by atoms with Crippen LogP contribution in [-0.4, -0.2) is 19.7 Å². The molecule has 1 aromatic carbocycles. The van der Waals surface area contributed by atoms with Crippen molar-refractivity contribution in [2.75, 3.05) is 0 Å². The van der Waals surface area contributed by atoms with Crippen LogP contribution in [0.2, 0.25) is 0 Å². The lowest BCUT2D eigenvalue weighted by atomic mass is 10.2. The number of fused-ring (bicyclic) bond motifs is 1. The Kier molecular flexibility index (Phi) is 3.52. The van der Waals surface area contributed by atoms with Crippen molar-refractivity contribution in [3.63, 3.8) is 0 Å². The summed E-state index contributed by atoms with van der Waals surface area (Å²) in [5.41, 5.74) is 4.51. The number of hydrogen-bond donors (Lipinski definition) is 2. The van der Waals surface area contributed by atoms with Gasteiger partial charge in [-0.3, -0.25) is 4.68 Å². The van der Waals surface area contributed by atoms with E-state index in [1.165, 1.54) is 5.56 Å². The highest BCUT2D eigenvalue weighted by Gasteiger charge is 2.06. The zero-order valence-corrected chi connectivity index (χ0v) is 11.8. The van der Waals surface area contributed by atoms with E-state index in [4.69, 9.17) is 0 Å². The molecule has 104 valence electrons. The van der Waals surface area contributed by atoms with Gasteiger partial charge >= 0.3 is 0 Å². The molecule has 0 amide bonds. The van der Waals surface area contributed by atoms with E-state index in [0.29, 0.717) is 0 Å². The van der Waals surface area contributed by atoms with Crippen LogP contribution in [0.15, 0.2) is 30.5 Å². The van der Waals surface area contributed by atoms with E-state index in [1.54, 1.807) is 0 Å². The van der Waals surface area contributed by atoms with Crippen molar-refractivity contribution in [3.05, 3.63) is 47.5 Å². The van der Waals surface area contributed by atoms with Crippen LogP contribution in [0.5, 0.6) is 0 Å². The number of aromatic nitrogens is 4. The molecule has 0 unspecified atom stereocenters. The third-order valence-corrected chi connectivity index (χ3v) is 3.37. The fourth-order valence-electron chi connectivity index (χ4n) is 2.43. The first-order chi connectivity index (χ1) is 9.76. The molecule has 0 aliphatic rings. The molecule has 0 saturated carbocycles. The fourth-order valence-corrected chi connectivity index (χ4v) is 2.43. The second-order valence-electron chi connectivity index (χ2n) is 4.93. The lowest BCUT2D eigenvalue weighted by molar-refractivity contribution is 0.666. The molecule has 0 aliphatic carbocycles. The third kappa shape index (κ3) is 2.58. The average Bonchev–Trinajstić information content (AvgIpc) is 3.01. The zero-order valence-electron chi connectivity index (χ0n) is 11.8. The second kappa shape index (κ2) is 5.46. The highest BCUT2D eigenvalue weighted by molar-refractivity contribution is 5.74. The SMILES string of the molecule is CCc1nn(C)cc1CNCc1nc2ccccc2[nH]1. The quantitative estimate of drug-likeness (QED) is 0.746. The van der Waals surface area contributed by atoms with Gasteiger partial charge in [0, 0.05) is 25.4 Å². The van der Waals surface area contributed by atoms with Gasteiger partial charge in [-0.1, -0.05) is 19.1 Å². The predicted molar refractivity (Wildman–Crippen MR) is 79.2 cm³/mol. The summed E-state index contributed by atoms with van der Waals surface area (Å²) in [7, 11) is 1.96. The Morgan fingerprint density at radius 3 is 2.90 bits per heavy atom. The molecule has 0 spiro atoms. The van der Waals surface area contributed by atoms with Crippen LogP contribution in [0.3, 0.4) is 0 Å². The molecule has 0 aliphatic heterocycles. The summed E-state index contributed by atoms with van der Waals surface area (Å²) in [5.74, 6) is 0.966. The smallest absolute Gasteiger partial charge is 0.121 e. The Balaban J connectivity index is 1.64. The molecule has 0 fully saturated rings. The Bertz CT molecular complexity index is 677. The van der Waals surface area contributed by atoms with Crippen LogP contribution in [0.25, 0.3) is 11.0 Å². The lowest BCUT2D eigenvalue weighted by Crippen LogP contribution is -2.14. The number of H-pyrrole nitrogens is 1. The molecule has 20 heavy (non-hydrogen) atoms. The summed E-state index contributed by atoms with van der Waals surface area (Å²) in [6.07, 6.45) is 3.03. The molecular formula is C15H19N5. The van der Waals surface area contributed by atoms with Crippen molar-refractivity contribution in [1.82, 2.24) is 25.1 Å².